The number of thiophene rings is 4. The number of nitrogens with one attached hydrogen (secondary N) is 1. The fourth-order valence-corrected chi connectivity index (χ4v) is 21.4. The van der Waals surface area contributed by atoms with Crippen LogP contribution in [0.1, 0.15) is 215 Å². The number of aromatic nitrogens is 4. The van der Waals surface area contributed by atoms with Gasteiger partial charge in [0.15, 0.2) is 0 Å². The molecule has 3 aliphatic heterocycles. The predicted molar refractivity (Wildman–Crippen MR) is 585 cm³/mol. The summed E-state index contributed by atoms with van der Waals surface area (Å²) in [5.74, 6) is 1.56. The van der Waals surface area contributed by atoms with E-state index < -0.39 is 11.2 Å². The number of esters is 1. The Labute approximate surface area is 864 Å². The molecular formula is C115H133Cl4N9O8S4. The second-order valence-corrected chi connectivity index (χ2v) is 47.7. The van der Waals surface area contributed by atoms with Crippen LogP contribution in [0, 0.1) is 11.8 Å². The Morgan fingerprint density at radius 3 is 0.993 bits per heavy atom. The molecule has 16 rings (SSSR count). The number of hydrogen-bond acceptors (Lipinski definition) is 19. The molecule has 8 aromatic heterocycles. The Balaban J connectivity index is 0.000000161. The van der Waals surface area contributed by atoms with E-state index in [1.54, 1.807) is 73.3 Å². The normalized spacial score (nSPS) is 14.1. The molecule has 0 spiro atoms. The quantitative estimate of drug-likeness (QED) is 0.0388. The van der Waals surface area contributed by atoms with Gasteiger partial charge < -0.3 is 40.8 Å². The van der Waals surface area contributed by atoms with Crippen LogP contribution in [0.5, 0.6) is 5.75 Å². The van der Waals surface area contributed by atoms with Crippen molar-refractivity contribution in [3.05, 3.63) is 282 Å². The first-order chi connectivity index (χ1) is 66.1. The topological polar surface area (TPSA) is 235 Å². The number of piperidine rings is 3. The predicted octanol–water partition coefficient (Wildman–Crippen LogP) is 30.4. The second-order valence-electron chi connectivity index (χ2n) is 42.4. The van der Waals surface area contributed by atoms with Crippen molar-refractivity contribution >= 4 is 127 Å². The van der Waals surface area contributed by atoms with Gasteiger partial charge in [-0.3, -0.25) is 34.3 Å². The van der Waals surface area contributed by atoms with Gasteiger partial charge in [0.25, 0.3) is 0 Å². The molecule has 5 aromatic carbocycles. The Morgan fingerprint density at radius 1 is 0.371 bits per heavy atom. The molecule has 140 heavy (non-hydrogen) atoms. The molecule has 5 N–H and O–H groups in total. The van der Waals surface area contributed by atoms with Gasteiger partial charge in [-0.15, -0.1) is 45.3 Å². The number of carbonyl (C=O) groups is 5. The van der Waals surface area contributed by atoms with E-state index in [-0.39, 0.29) is 58.1 Å². The molecule has 0 aliphatic carbocycles. The summed E-state index contributed by atoms with van der Waals surface area (Å²) in [5, 5.41) is 14.6. The zero-order valence-corrected chi connectivity index (χ0v) is 90.2. The Hall–Kier alpha value is -10.3. The minimum atomic E-state index is -0.498. The number of likely N-dealkylation sites (tertiary alicyclic amines) is 2. The average molecular weight is 2040 g/mol. The molecule has 0 unspecified atom stereocenters. The molecule has 0 atom stereocenters. The van der Waals surface area contributed by atoms with Crippen molar-refractivity contribution in [2.75, 3.05) is 45.0 Å². The minimum absolute atomic E-state index is 0.00431. The smallest absolute Gasteiger partial charge is 0.410 e. The first-order valence-corrected chi connectivity index (χ1v) is 53.0. The van der Waals surface area contributed by atoms with E-state index in [2.05, 4.69) is 191 Å². The summed E-state index contributed by atoms with van der Waals surface area (Å²) in [4.78, 5) is 87.5. The van der Waals surface area contributed by atoms with Crippen LogP contribution in [-0.2, 0) is 64.8 Å². The van der Waals surface area contributed by atoms with E-state index in [9.17, 15) is 24.0 Å². The van der Waals surface area contributed by atoms with E-state index in [1.807, 2.05) is 163 Å². The van der Waals surface area contributed by atoms with Crippen LogP contribution >= 0.6 is 91.8 Å². The van der Waals surface area contributed by atoms with Crippen LogP contribution in [0.2, 0.25) is 20.1 Å². The second kappa shape index (κ2) is 48.2. The number of benzene rings is 5. The maximum absolute atomic E-state index is 12.9. The van der Waals surface area contributed by atoms with Crippen molar-refractivity contribution in [3.8, 4) is 92.0 Å². The molecule has 738 valence electrons. The molecule has 3 fully saturated rings. The lowest BCUT2D eigenvalue weighted by molar-refractivity contribution is -0.133. The number of carbonyl (C=O) groups excluding carboxylic acids is 5. The number of hydrogen-bond donors (Lipinski definition) is 3. The number of rotatable bonds is 19. The van der Waals surface area contributed by atoms with E-state index in [1.165, 1.54) is 22.3 Å². The van der Waals surface area contributed by atoms with Gasteiger partial charge >= 0.3 is 18.2 Å². The summed E-state index contributed by atoms with van der Waals surface area (Å²) in [6.07, 6.45) is 14.8. The van der Waals surface area contributed by atoms with Crippen molar-refractivity contribution in [2.45, 2.75) is 234 Å². The standard InChI is InChI=1S/C32H39ClN2O3S.C27H31ClN2OS.C27H24ClNO2S.C19H19ClN2S.C10H20N2O2/c1-31(2,3)29-19-23(9-12-34-29)24-18-28(39-20-24)26-8-7-22(17-27(26)33)16-25(36)15-21-10-13-35(14-11-21)30(37)38-32(4,5)6;1-27(2,3)26-16-20(8-11-30-26)21-15-25(32-17-21)23-5-4-19(14-24(23)28)13-22(31)12-18-6-9-29-10-7-18;1-27(2,3)25-16-19(11-12-29-25)20-15-24(32-17-20)22-10-9-18(13-23(22)28)14-26(30)31-21-7-5-4-6-8-21;1-19(2,3)18-9-12(6-7-22-18)13-8-17(23-11-13)15-5-4-14(21)10-16(15)20;1-10(2,3)14-9(13)12-6-4-8(11)5-7-12/h7-9,12,17-21H,10-11,13-16H2,1-6H3;4-5,8,11,14-18,29H,6-7,9-10,12-13H2,1-3H3;4-13,15-17H,14H2,1-3H3;4-11H,21H2,1-3H3;8H,4-7,11H2,1-3H3. The number of nitrogen functional groups attached to an aromatic ring is 1. The lowest BCUT2D eigenvalue weighted by Gasteiger charge is -2.33. The van der Waals surface area contributed by atoms with E-state index in [0.717, 1.165) is 168 Å². The van der Waals surface area contributed by atoms with E-state index >= 15 is 0 Å². The maximum Gasteiger partial charge on any atom is 0.410 e. The van der Waals surface area contributed by atoms with Crippen molar-refractivity contribution in [1.29, 1.82) is 0 Å². The van der Waals surface area contributed by atoms with Gasteiger partial charge in [0, 0.05) is 190 Å². The Bertz CT molecular complexity index is 6400. The fourth-order valence-electron chi connectivity index (χ4n) is 16.1. The number of anilines is 1. The third-order valence-corrected chi connectivity index (χ3v) is 29.2. The summed E-state index contributed by atoms with van der Waals surface area (Å²) >= 11 is 33.0. The highest BCUT2D eigenvalue weighted by Crippen LogP contribution is 2.44. The zero-order valence-electron chi connectivity index (χ0n) is 83.9. The summed E-state index contributed by atoms with van der Waals surface area (Å²) < 4.78 is 16.1. The number of para-hydroxylation sites is 1. The zero-order chi connectivity index (χ0) is 101. The summed E-state index contributed by atoms with van der Waals surface area (Å²) in [7, 11) is 0. The third kappa shape index (κ3) is 32.4. The highest BCUT2D eigenvalue weighted by molar-refractivity contribution is 7.15. The SMILES string of the molecule is CC(C)(C)OC(=O)N1CCC(CC(=O)Cc2ccc(-c3cc(-c4ccnc(C(C)(C)C)c4)cs3)c(Cl)c2)CC1.CC(C)(C)OC(=O)N1CCC(N)CC1.CC(C)(C)c1cc(-c2csc(-c3ccc(CC(=O)CC4CCNCC4)cc3Cl)c2)ccn1.CC(C)(C)c1cc(-c2csc(-c3ccc(CC(=O)Oc4ccccc4)cc3Cl)c2)ccn1.CC(C)(C)c1cc(-c2csc(-c3ccc(N)cc3Cl)c2)ccn1. The highest BCUT2D eigenvalue weighted by Gasteiger charge is 2.31. The summed E-state index contributed by atoms with van der Waals surface area (Å²) in [6, 6.07) is 58.2. The maximum atomic E-state index is 12.9. The minimum Gasteiger partial charge on any atom is -0.444 e. The molecule has 0 bridgehead atoms. The van der Waals surface area contributed by atoms with Gasteiger partial charge in [0.05, 0.1) is 11.4 Å². The van der Waals surface area contributed by atoms with Crippen LogP contribution < -0.4 is 21.5 Å². The Kier molecular flexibility index (Phi) is 37.4. The van der Waals surface area contributed by atoms with Crippen LogP contribution in [0.4, 0.5) is 15.3 Å². The number of halogens is 4. The number of pyridine rings is 4. The number of Topliss-reactive ketones (excluding diaryl/α,β-unsaturated/α-hetero) is 2. The fraction of sp³-hybridized carbons (Fsp3) is 0.383. The largest absolute Gasteiger partial charge is 0.444 e. The van der Waals surface area contributed by atoms with Crippen LogP contribution in [0.3, 0.4) is 0 Å². The highest BCUT2D eigenvalue weighted by atomic mass is 35.5. The van der Waals surface area contributed by atoms with E-state index in [4.69, 9.17) is 72.1 Å². The van der Waals surface area contributed by atoms with Gasteiger partial charge in [0.1, 0.15) is 28.5 Å². The van der Waals surface area contributed by atoms with Gasteiger partial charge in [-0.05, 0) is 303 Å². The lowest BCUT2D eigenvalue weighted by atomic mass is 9.90. The molecule has 17 nitrogen and oxygen atoms in total. The molecular weight excluding hydrogens is 1910 g/mol. The van der Waals surface area contributed by atoms with Crippen LogP contribution in [-0.4, -0.2) is 116 Å². The Morgan fingerprint density at radius 2 is 0.679 bits per heavy atom. The van der Waals surface area contributed by atoms with Gasteiger partial charge in [-0.2, -0.15) is 0 Å². The van der Waals surface area contributed by atoms with Crippen molar-refractivity contribution in [3.63, 3.8) is 0 Å². The first-order valence-electron chi connectivity index (χ1n) is 47.9. The van der Waals surface area contributed by atoms with Gasteiger partial charge in [0.2, 0.25) is 0 Å². The number of nitrogens with zero attached hydrogens (tertiary/aromatic N) is 6. The van der Waals surface area contributed by atoms with Crippen LogP contribution in [0.25, 0.3) is 86.3 Å². The molecule has 2 amide bonds. The van der Waals surface area contributed by atoms with Crippen molar-refractivity contribution in [1.82, 2.24) is 35.1 Å². The average Bonchev–Trinajstić information content (AvgIpc) is 1.66. The first kappa shape index (κ1) is 109. The number of ketones is 2. The van der Waals surface area contributed by atoms with Crippen molar-refractivity contribution in [2.24, 2.45) is 17.6 Å². The molecule has 11 heterocycles. The third-order valence-electron chi connectivity index (χ3n) is 24.1. The molecule has 3 aliphatic rings. The summed E-state index contributed by atoms with van der Waals surface area (Å²) in [6.45, 7) is 42.0. The van der Waals surface area contributed by atoms with Gasteiger partial charge in [-0.25, -0.2) is 9.59 Å². The monoisotopic (exact) mass is 2040 g/mol. The lowest BCUT2D eigenvalue weighted by Crippen LogP contribution is -2.44. The van der Waals surface area contributed by atoms with Crippen LogP contribution in [0.15, 0.2) is 222 Å². The van der Waals surface area contributed by atoms with Gasteiger partial charge in [-0.1, -0.05) is 190 Å². The molecule has 25 heteroatoms. The molecule has 0 radical (unpaired) electrons. The van der Waals surface area contributed by atoms with E-state index in [0.29, 0.717) is 87.9 Å². The molecule has 3 saturated heterocycles. The molecule has 13 aromatic rings. The molecule has 0 saturated carbocycles. The summed E-state index contributed by atoms with van der Waals surface area (Å²) in [5.41, 5.74) is 31.6. The number of ether oxygens (including phenoxy) is 3. The number of amides is 2. The number of nitrogens with two attached hydrogens (primary N) is 2. The van der Waals surface area contributed by atoms with Crippen molar-refractivity contribution < 1.29 is 38.2 Å².